The third kappa shape index (κ3) is 4.71. The number of benzene rings is 1. The summed E-state index contributed by atoms with van der Waals surface area (Å²) in [6.45, 7) is 4.26. The van der Waals surface area contributed by atoms with E-state index < -0.39 is 0 Å². The van der Waals surface area contributed by atoms with Gasteiger partial charge in [0.15, 0.2) is 5.96 Å². The van der Waals surface area contributed by atoms with Crippen LogP contribution in [0.1, 0.15) is 19.3 Å². The molecule has 2 saturated heterocycles. The Kier molecular flexibility index (Phi) is 6.55. The molecule has 8 heteroatoms. The maximum Gasteiger partial charge on any atom is 0.229 e. The van der Waals surface area contributed by atoms with Gasteiger partial charge in [-0.2, -0.15) is 0 Å². The van der Waals surface area contributed by atoms with Gasteiger partial charge in [0.05, 0.1) is 10.7 Å². The molecule has 0 spiro atoms. The van der Waals surface area contributed by atoms with Crippen molar-refractivity contribution in [3.63, 3.8) is 0 Å². The van der Waals surface area contributed by atoms with Gasteiger partial charge < -0.3 is 15.1 Å². The number of anilines is 1. The van der Waals surface area contributed by atoms with Crippen LogP contribution in [-0.4, -0.2) is 73.9 Å². The number of aliphatic imine (C=N–C) groups is 1. The van der Waals surface area contributed by atoms with Crippen molar-refractivity contribution in [2.75, 3.05) is 51.2 Å². The number of piperidine rings is 1. The molecule has 0 radical (unpaired) electrons. The SMILES string of the molecule is CN=C(NCCN1C(=O)CCCC1=O)N1CCN(c2ccccc2Cl)CC1. The molecule has 0 saturated carbocycles. The zero-order valence-electron chi connectivity index (χ0n) is 15.7. The summed E-state index contributed by atoms with van der Waals surface area (Å²) >= 11 is 6.30. The largest absolute Gasteiger partial charge is 0.367 e. The summed E-state index contributed by atoms with van der Waals surface area (Å²) in [7, 11) is 1.75. The first-order valence-corrected chi connectivity index (χ1v) is 9.76. The maximum atomic E-state index is 11.9. The highest BCUT2D eigenvalue weighted by atomic mass is 35.5. The van der Waals surface area contributed by atoms with Gasteiger partial charge in [-0.3, -0.25) is 19.5 Å². The van der Waals surface area contributed by atoms with E-state index >= 15 is 0 Å². The average Bonchev–Trinajstić information content (AvgIpc) is 2.68. The summed E-state index contributed by atoms with van der Waals surface area (Å²) in [5.74, 6) is 0.651. The summed E-state index contributed by atoms with van der Waals surface area (Å²) in [5, 5.41) is 4.05. The van der Waals surface area contributed by atoms with Crippen LogP contribution in [0.3, 0.4) is 0 Å². The van der Waals surface area contributed by atoms with E-state index in [9.17, 15) is 9.59 Å². The molecule has 2 fully saturated rings. The Bertz CT molecular complexity index is 700. The van der Waals surface area contributed by atoms with E-state index in [-0.39, 0.29) is 11.8 Å². The van der Waals surface area contributed by atoms with Gasteiger partial charge in [-0.15, -0.1) is 0 Å². The number of guanidine groups is 1. The lowest BCUT2D eigenvalue weighted by Gasteiger charge is -2.38. The minimum atomic E-state index is -0.0728. The molecule has 0 aliphatic carbocycles. The van der Waals surface area contributed by atoms with E-state index in [0.717, 1.165) is 42.8 Å². The third-order valence-electron chi connectivity index (χ3n) is 4.99. The van der Waals surface area contributed by atoms with Crippen LogP contribution in [0.25, 0.3) is 0 Å². The second-order valence-corrected chi connectivity index (χ2v) is 7.10. The minimum absolute atomic E-state index is 0.0728. The van der Waals surface area contributed by atoms with E-state index in [0.29, 0.717) is 32.4 Å². The summed E-state index contributed by atoms with van der Waals surface area (Å²) in [6, 6.07) is 7.88. The van der Waals surface area contributed by atoms with Gasteiger partial charge >= 0.3 is 0 Å². The van der Waals surface area contributed by atoms with E-state index in [4.69, 9.17) is 11.6 Å². The molecule has 3 rings (SSSR count). The van der Waals surface area contributed by atoms with Crippen molar-refractivity contribution in [1.29, 1.82) is 0 Å². The Balaban J connectivity index is 1.48. The smallest absolute Gasteiger partial charge is 0.229 e. The number of amides is 2. The van der Waals surface area contributed by atoms with Crippen LogP contribution in [-0.2, 0) is 9.59 Å². The molecule has 1 aromatic rings. The van der Waals surface area contributed by atoms with Crippen LogP contribution >= 0.6 is 11.6 Å². The lowest BCUT2D eigenvalue weighted by molar-refractivity contribution is -0.147. The first kappa shape index (κ1) is 19.5. The van der Waals surface area contributed by atoms with Crippen molar-refractivity contribution in [1.82, 2.24) is 15.1 Å². The van der Waals surface area contributed by atoms with Crippen LogP contribution in [0.2, 0.25) is 5.02 Å². The molecular weight excluding hydrogens is 366 g/mol. The molecule has 27 heavy (non-hydrogen) atoms. The van der Waals surface area contributed by atoms with Crippen molar-refractivity contribution in [2.45, 2.75) is 19.3 Å². The maximum absolute atomic E-state index is 11.9. The first-order chi connectivity index (χ1) is 13.1. The topological polar surface area (TPSA) is 68.2 Å². The Morgan fingerprint density at radius 3 is 2.41 bits per heavy atom. The number of likely N-dealkylation sites (tertiary alicyclic amines) is 1. The number of imide groups is 1. The molecule has 7 nitrogen and oxygen atoms in total. The fourth-order valence-corrected chi connectivity index (χ4v) is 3.78. The van der Waals surface area contributed by atoms with Crippen LogP contribution in [0.4, 0.5) is 5.69 Å². The molecule has 2 heterocycles. The highest BCUT2D eigenvalue weighted by Crippen LogP contribution is 2.26. The summed E-state index contributed by atoms with van der Waals surface area (Å²) in [5.41, 5.74) is 1.06. The van der Waals surface area contributed by atoms with Crippen molar-refractivity contribution in [2.24, 2.45) is 4.99 Å². The second-order valence-electron chi connectivity index (χ2n) is 6.69. The van der Waals surface area contributed by atoms with Crippen LogP contribution in [0, 0.1) is 0 Å². The van der Waals surface area contributed by atoms with Gasteiger partial charge in [-0.25, -0.2) is 0 Å². The number of piperazine rings is 1. The standard InChI is InChI=1S/C19H26ClN5O2/c1-21-19(22-9-10-25-17(26)7-4-8-18(25)27)24-13-11-23(12-14-24)16-6-3-2-5-15(16)20/h2-3,5-6H,4,7-14H2,1H3,(H,21,22). The summed E-state index contributed by atoms with van der Waals surface area (Å²) < 4.78 is 0. The number of para-hydroxylation sites is 1. The quantitative estimate of drug-likeness (QED) is 0.479. The molecule has 0 bridgehead atoms. The summed E-state index contributed by atoms with van der Waals surface area (Å²) in [4.78, 5) is 33.9. The molecule has 1 N–H and O–H groups in total. The number of rotatable bonds is 4. The van der Waals surface area contributed by atoms with E-state index in [2.05, 4.69) is 20.1 Å². The van der Waals surface area contributed by atoms with Gasteiger partial charge in [0.1, 0.15) is 0 Å². The number of halogens is 1. The molecule has 0 atom stereocenters. The second kappa shape index (κ2) is 9.08. The Labute approximate surface area is 165 Å². The Morgan fingerprint density at radius 1 is 1.11 bits per heavy atom. The molecule has 2 amide bonds. The normalized spacial score (nSPS) is 18.9. The molecule has 0 unspecified atom stereocenters. The number of hydrogen-bond donors (Lipinski definition) is 1. The van der Waals surface area contributed by atoms with E-state index in [1.165, 1.54) is 4.90 Å². The zero-order chi connectivity index (χ0) is 19.2. The molecule has 146 valence electrons. The highest BCUT2D eigenvalue weighted by Gasteiger charge is 2.26. The van der Waals surface area contributed by atoms with E-state index in [1.54, 1.807) is 7.05 Å². The van der Waals surface area contributed by atoms with Gasteiger partial charge in [-0.1, -0.05) is 23.7 Å². The van der Waals surface area contributed by atoms with Gasteiger partial charge in [-0.05, 0) is 18.6 Å². The van der Waals surface area contributed by atoms with E-state index in [1.807, 2.05) is 24.3 Å². The minimum Gasteiger partial charge on any atom is -0.367 e. The van der Waals surface area contributed by atoms with Crippen LogP contribution in [0.5, 0.6) is 0 Å². The third-order valence-corrected chi connectivity index (χ3v) is 5.31. The monoisotopic (exact) mass is 391 g/mol. The van der Waals surface area contributed by atoms with Crippen molar-refractivity contribution in [3.8, 4) is 0 Å². The zero-order valence-corrected chi connectivity index (χ0v) is 16.4. The lowest BCUT2D eigenvalue weighted by atomic mass is 10.1. The van der Waals surface area contributed by atoms with Crippen molar-refractivity contribution >= 4 is 35.1 Å². The Morgan fingerprint density at radius 2 is 1.78 bits per heavy atom. The number of nitrogens with one attached hydrogen (secondary N) is 1. The van der Waals surface area contributed by atoms with Gasteiger partial charge in [0.2, 0.25) is 11.8 Å². The average molecular weight is 392 g/mol. The molecule has 2 aliphatic heterocycles. The van der Waals surface area contributed by atoms with Crippen LogP contribution in [0.15, 0.2) is 29.3 Å². The number of nitrogens with zero attached hydrogens (tertiary/aromatic N) is 4. The molecule has 1 aromatic carbocycles. The van der Waals surface area contributed by atoms with Gasteiger partial charge in [0, 0.05) is 59.2 Å². The summed E-state index contributed by atoms with van der Waals surface area (Å²) in [6.07, 6.45) is 1.59. The predicted molar refractivity (Wildman–Crippen MR) is 107 cm³/mol. The number of carbonyl (C=O) groups is 2. The fraction of sp³-hybridized carbons (Fsp3) is 0.526. The Hall–Kier alpha value is -2.28. The number of carbonyl (C=O) groups excluding carboxylic acids is 2. The molecule has 2 aliphatic rings. The predicted octanol–water partition coefficient (Wildman–Crippen LogP) is 1.58. The first-order valence-electron chi connectivity index (χ1n) is 9.38. The van der Waals surface area contributed by atoms with Crippen LogP contribution < -0.4 is 10.2 Å². The lowest BCUT2D eigenvalue weighted by Crippen LogP contribution is -2.54. The number of hydrogen-bond acceptors (Lipinski definition) is 4. The van der Waals surface area contributed by atoms with Crippen molar-refractivity contribution in [3.05, 3.63) is 29.3 Å². The fourth-order valence-electron chi connectivity index (χ4n) is 3.53. The van der Waals surface area contributed by atoms with Gasteiger partial charge in [0.25, 0.3) is 0 Å². The molecular formula is C19H26ClN5O2. The van der Waals surface area contributed by atoms with Crippen molar-refractivity contribution < 1.29 is 9.59 Å². The highest BCUT2D eigenvalue weighted by molar-refractivity contribution is 6.33. The molecule has 0 aromatic heterocycles.